The number of rotatable bonds is 6. The third kappa shape index (κ3) is 3.29. The molecule has 0 atom stereocenters. The number of halogens is 1. The highest BCUT2D eigenvalue weighted by Crippen LogP contribution is 2.42. The van der Waals surface area contributed by atoms with Gasteiger partial charge in [0.15, 0.2) is 0 Å². The number of carboxylic acid groups (broad SMARTS) is 1. The molecule has 0 aliphatic heterocycles. The Kier molecular flexibility index (Phi) is 5.16. The van der Waals surface area contributed by atoms with Gasteiger partial charge < -0.3 is 10.0 Å². The van der Waals surface area contributed by atoms with E-state index in [4.69, 9.17) is 5.11 Å². The van der Waals surface area contributed by atoms with E-state index in [1.807, 2.05) is 6.92 Å². The Balaban J connectivity index is 2.34. The Hall–Kier alpha value is -1.91. The molecule has 0 bridgehead atoms. The van der Waals surface area contributed by atoms with Crippen LogP contribution < -0.4 is 0 Å². The predicted octanol–water partition coefficient (Wildman–Crippen LogP) is 2.96. The lowest BCUT2D eigenvalue weighted by atomic mass is 9.77. The van der Waals surface area contributed by atoms with E-state index in [1.165, 1.54) is 17.0 Å². The summed E-state index contributed by atoms with van der Waals surface area (Å²) in [5.41, 5.74) is 0.0982. The topological polar surface area (TPSA) is 57.6 Å². The van der Waals surface area contributed by atoms with Gasteiger partial charge in [-0.2, -0.15) is 0 Å². The van der Waals surface area contributed by atoms with Crippen LogP contribution in [-0.4, -0.2) is 35.0 Å². The molecule has 5 heteroatoms. The van der Waals surface area contributed by atoms with E-state index < -0.39 is 11.4 Å². The average molecular weight is 307 g/mol. The van der Waals surface area contributed by atoms with Crippen LogP contribution in [0.2, 0.25) is 0 Å². The molecule has 0 radical (unpaired) electrons. The van der Waals surface area contributed by atoms with Crippen LogP contribution >= 0.6 is 0 Å². The number of aliphatic carboxylic acids is 1. The van der Waals surface area contributed by atoms with Gasteiger partial charge >= 0.3 is 5.97 Å². The number of amides is 1. The second-order valence-corrected chi connectivity index (χ2v) is 5.92. The molecule has 120 valence electrons. The zero-order valence-electron chi connectivity index (χ0n) is 12.8. The molecule has 1 aliphatic carbocycles. The number of carbonyl (C=O) groups excluding carboxylic acids is 1. The zero-order valence-corrected chi connectivity index (χ0v) is 12.8. The first-order valence-electron chi connectivity index (χ1n) is 7.77. The van der Waals surface area contributed by atoms with Gasteiger partial charge in [-0.05, 0) is 37.0 Å². The number of hydrogen-bond acceptors (Lipinski definition) is 2. The van der Waals surface area contributed by atoms with E-state index in [0.29, 0.717) is 25.8 Å². The number of hydrogen-bond donors (Lipinski definition) is 1. The highest BCUT2D eigenvalue weighted by molar-refractivity contribution is 5.90. The van der Waals surface area contributed by atoms with Crippen LogP contribution in [0, 0.1) is 5.82 Å². The molecule has 22 heavy (non-hydrogen) atoms. The lowest BCUT2D eigenvalue weighted by molar-refractivity contribution is -0.147. The van der Waals surface area contributed by atoms with Crippen molar-refractivity contribution in [1.29, 1.82) is 0 Å². The van der Waals surface area contributed by atoms with Crippen molar-refractivity contribution in [2.24, 2.45) is 0 Å². The van der Waals surface area contributed by atoms with Crippen LogP contribution in [0.15, 0.2) is 24.3 Å². The predicted molar refractivity (Wildman–Crippen MR) is 81.1 cm³/mol. The normalized spacial score (nSPS) is 16.5. The molecule has 1 aromatic carbocycles. The third-order valence-electron chi connectivity index (χ3n) is 4.37. The SMILES string of the molecule is CCCN(CC(=O)O)C(=O)C1(c2ccc(F)cc2)CCCC1. The van der Waals surface area contributed by atoms with Crippen molar-refractivity contribution in [2.45, 2.75) is 44.4 Å². The molecule has 2 rings (SSSR count). The molecule has 0 spiro atoms. The van der Waals surface area contributed by atoms with Crippen LogP contribution in [0.3, 0.4) is 0 Å². The summed E-state index contributed by atoms with van der Waals surface area (Å²) in [6.45, 7) is 2.06. The maximum absolute atomic E-state index is 13.2. The number of benzene rings is 1. The second-order valence-electron chi connectivity index (χ2n) is 5.92. The van der Waals surface area contributed by atoms with Gasteiger partial charge in [0.2, 0.25) is 5.91 Å². The first-order chi connectivity index (χ1) is 10.5. The lowest BCUT2D eigenvalue weighted by Crippen LogP contribution is -2.47. The Morgan fingerprint density at radius 2 is 1.82 bits per heavy atom. The van der Waals surface area contributed by atoms with Crippen LogP contribution in [0.4, 0.5) is 4.39 Å². The summed E-state index contributed by atoms with van der Waals surface area (Å²) in [6.07, 6.45) is 3.94. The Morgan fingerprint density at radius 1 is 1.23 bits per heavy atom. The first-order valence-corrected chi connectivity index (χ1v) is 7.77. The zero-order chi connectivity index (χ0) is 16.2. The van der Waals surface area contributed by atoms with E-state index in [-0.39, 0.29) is 18.3 Å². The quantitative estimate of drug-likeness (QED) is 0.879. The second kappa shape index (κ2) is 6.90. The minimum atomic E-state index is -1.01. The van der Waals surface area contributed by atoms with E-state index in [9.17, 15) is 14.0 Å². The molecular formula is C17H22FNO3. The van der Waals surface area contributed by atoms with E-state index in [0.717, 1.165) is 18.4 Å². The largest absolute Gasteiger partial charge is 0.480 e. The van der Waals surface area contributed by atoms with Crippen molar-refractivity contribution in [1.82, 2.24) is 4.90 Å². The fourth-order valence-electron chi connectivity index (χ4n) is 3.36. The maximum Gasteiger partial charge on any atom is 0.323 e. The minimum absolute atomic E-state index is 0.138. The Bertz CT molecular complexity index is 535. The van der Waals surface area contributed by atoms with Crippen LogP contribution in [0.5, 0.6) is 0 Å². The van der Waals surface area contributed by atoms with Crippen molar-refractivity contribution < 1.29 is 19.1 Å². The molecule has 1 aromatic rings. The lowest BCUT2D eigenvalue weighted by Gasteiger charge is -2.34. The summed E-state index contributed by atoms with van der Waals surface area (Å²) in [4.78, 5) is 25.5. The summed E-state index contributed by atoms with van der Waals surface area (Å²) < 4.78 is 13.2. The highest BCUT2D eigenvalue weighted by Gasteiger charge is 2.45. The number of nitrogens with zero attached hydrogens (tertiary/aromatic N) is 1. The molecule has 1 aliphatic rings. The Morgan fingerprint density at radius 3 is 2.32 bits per heavy atom. The van der Waals surface area contributed by atoms with E-state index >= 15 is 0 Å². The summed E-state index contributed by atoms with van der Waals surface area (Å²) >= 11 is 0. The molecule has 1 fully saturated rings. The maximum atomic E-state index is 13.2. The molecule has 0 aromatic heterocycles. The number of carboxylic acids is 1. The third-order valence-corrected chi connectivity index (χ3v) is 4.37. The monoisotopic (exact) mass is 307 g/mol. The van der Waals surface area contributed by atoms with E-state index in [1.54, 1.807) is 12.1 Å². The number of carbonyl (C=O) groups is 2. The molecule has 0 saturated heterocycles. The standard InChI is InChI=1S/C17H22FNO3/c1-2-11-19(12-15(20)21)16(22)17(9-3-4-10-17)13-5-7-14(18)8-6-13/h5-8H,2-4,9-12H2,1H3,(H,20,21). The molecule has 0 heterocycles. The summed E-state index contributed by atoms with van der Waals surface area (Å²) in [5.74, 6) is -1.48. The van der Waals surface area contributed by atoms with E-state index in [2.05, 4.69) is 0 Å². The Labute approximate surface area is 129 Å². The van der Waals surface area contributed by atoms with Gasteiger partial charge in [-0.1, -0.05) is 31.9 Å². The molecule has 1 saturated carbocycles. The molecule has 0 unspecified atom stereocenters. The van der Waals surface area contributed by atoms with Crippen LogP contribution in [0.25, 0.3) is 0 Å². The molecule has 1 N–H and O–H groups in total. The van der Waals surface area contributed by atoms with Gasteiger partial charge in [0.05, 0.1) is 5.41 Å². The fraction of sp³-hybridized carbons (Fsp3) is 0.529. The van der Waals surface area contributed by atoms with Crippen LogP contribution in [-0.2, 0) is 15.0 Å². The van der Waals surface area contributed by atoms with Gasteiger partial charge in [-0.3, -0.25) is 9.59 Å². The highest BCUT2D eigenvalue weighted by atomic mass is 19.1. The van der Waals surface area contributed by atoms with Crippen molar-refractivity contribution in [3.05, 3.63) is 35.6 Å². The van der Waals surface area contributed by atoms with Crippen LogP contribution in [0.1, 0.15) is 44.6 Å². The van der Waals surface area contributed by atoms with Gasteiger partial charge in [0.25, 0.3) is 0 Å². The smallest absolute Gasteiger partial charge is 0.323 e. The van der Waals surface area contributed by atoms with Crippen molar-refractivity contribution in [2.75, 3.05) is 13.1 Å². The van der Waals surface area contributed by atoms with Crippen molar-refractivity contribution in [3.63, 3.8) is 0 Å². The summed E-state index contributed by atoms with van der Waals surface area (Å²) in [5, 5.41) is 9.05. The van der Waals surface area contributed by atoms with Gasteiger partial charge in [-0.15, -0.1) is 0 Å². The van der Waals surface area contributed by atoms with Gasteiger partial charge in [-0.25, -0.2) is 4.39 Å². The average Bonchev–Trinajstić information content (AvgIpc) is 2.97. The van der Waals surface area contributed by atoms with Crippen molar-refractivity contribution in [3.8, 4) is 0 Å². The van der Waals surface area contributed by atoms with Crippen molar-refractivity contribution >= 4 is 11.9 Å². The van der Waals surface area contributed by atoms with Gasteiger partial charge in [0.1, 0.15) is 12.4 Å². The first kappa shape index (κ1) is 16.5. The summed E-state index contributed by atoms with van der Waals surface area (Å²) in [6, 6.07) is 6.04. The summed E-state index contributed by atoms with van der Waals surface area (Å²) in [7, 11) is 0. The molecule has 4 nitrogen and oxygen atoms in total. The molecule has 1 amide bonds. The van der Waals surface area contributed by atoms with Gasteiger partial charge in [0, 0.05) is 6.54 Å². The molecular weight excluding hydrogens is 285 g/mol. The minimum Gasteiger partial charge on any atom is -0.480 e. The fourth-order valence-corrected chi connectivity index (χ4v) is 3.36.